The van der Waals surface area contributed by atoms with E-state index in [1.54, 1.807) is 11.3 Å². The Balaban J connectivity index is 1.27. The van der Waals surface area contributed by atoms with E-state index in [9.17, 15) is 9.59 Å². The Bertz CT molecular complexity index is 806. The third-order valence-electron chi connectivity index (χ3n) is 7.66. The molecule has 0 radical (unpaired) electrons. The van der Waals surface area contributed by atoms with Crippen molar-refractivity contribution in [2.45, 2.75) is 76.4 Å². The van der Waals surface area contributed by atoms with Crippen molar-refractivity contribution in [1.29, 1.82) is 0 Å². The van der Waals surface area contributed by atoms with Gasteiger partial charge in [-0.25, -0.2) is 0 Å². The number of carbonyl (C=O) groups is 2. The number of fused-ring (bicyclic) bond motifs is 2. The van der Waals surface area contributed by atoms with Gasteiger partial charge >= 0.3 is 0 Å². The molecule has 0 saturated carbocycles. The molecule has 5 rings (SSSR count). The van der Waals surface area contributed by atoms with Crippen LogP contribution in [0.25, 0.3) is 0 Å². The summed E-state index contributed by atoms with van der Waals surface area (Å²) >= 11 is 1.77. The Labute approximate surface area is 177 Å². The molecule has 0 aromatic carbocycles. The molecule has 1 aromatic heterocycles. The average molecular weight is 417 g/mol. The fourth-order valence-corrected chi connectivity index (χ4v) is 7.24. The quantitative estimate of drug-likeness (QED) is 0.771. The van der Waals surface area contributed by atoms with Crippen molar-refractivity contribution >= 4 is 23.2 Å². The van der Waals surface area contributed by atoms with Crippen LogP contribution >= 0.6 is 11.3 Å². The van der Waals surface area contributed by atoms with Crippen LogP contribution < -0.4 is 5.32 Å². The van der Waals surface area contributed by atoms with Gasteiger partial charge in [0.15, 0.2) is 0 Å². The Hall–Kier alpha value is -1.40. The minimum absolute atomic E-state index is 0.152. The van der Waals surface area contributed by atoms with Crippen molar-refractivity contribution in [2.24, 2.45) is 11.8 Å². The molecule has 1 N–H and O–H groups in total. The smallest absolute Gasteiger partial charge is 0.255 e. The largest absolute Gasteiger partial charge is 0.369 e. The van der Waals surface area contributed by atoms with Gasteiger partial charge in [0.25, 0.3) is 5.91 Å². The summed E-state index contributed by atoms with van der Waals surface area (Å²) in [4.78, 5) is 29.0. The van der Waals surface area contributed by atoms with E-state index >= 15 is 0 Å². The maximum atomic E-state index is 13.4. The molecule has 0 unspecified atom stereocenters. The van der Waals surface area contributed by atoms with Gasteiger partial charge in [-0.1, -0.05) is 13.3 Å². The number of hydrogen-bond acceptors (Lipinski definition) is 4. The zero-order chi connectivity index (χ0) is 20.0. The van der Waals surface area contributed by atoms with Gasteiger partial charge in [-0.3, -0.25) is 9.59 Å². The second-order valence-electron chi connectivity index (χ2n) is 9.38. The summed E-state index contributed by atoms with van der Waals surface area (Å²) < 4.78 is 6.48. The van der Waals surface area contributed by atoms with Crippen LogP contribution in [-0.4, -0.2) is 48.1 Å². The molecule has 2 bridgehead atoms. The highest BCUT2D eigenvalue weighted by Crippen LogP contribution is 2.55. The van der Waals surface area contributed by atoms with Crippen molar-refractivity contribution in [3.63, 3.8) is 0 Å². The number of ether oxygens (including phenoxy) is 1. The molecule has 1 aromatic rings. The van der Waals surface area contributed by atoms with Gasteiger partial charge < -0.3 is 15.0 Å². The number of thiophene rings is 1. The van der Waals surface area contributed by atoms with Crippen molar-refractivity contribution in [2.75, 3.05) is 19.6 Å². The normalized spacial score (nSPS) is 32.3. The number of unbranched alkanes of at least 4 members (excludes halogenated alkanes) is 1. The van der Waals surface area contributed by atoms with E-state index in [-0.39, 0.29) is 23.5 Å². The molecular formula is C23H32N2O3S. The molecule has 29 heavy (non-hydrogen) atoms. The number of likely N-dealkylation sites (tertiary alicyclic amines) is 1. The van der Waals surface area contributed by atoms with E-state index in [0.717, 1.165) is 57.2 Å². The lowest BCUT2D eigenvalue weighted by molar-refractivity contribution is -0.121. The minimum atomic E-state index is -0.171. The van der Waals surface area contributed by atoms with Gasteiger partial charge in [0.1, 0.15) is 0 Å². The first-order valence-electron chi connectivity index (χ1n) is 11.4. The molecule has 4 aliphatic rings. The molecule has 2 amide bonds. The number of nitrogens with one attached hydrogen (secondary N) is 1. The van der Waals surface area contributed by atoms with E-state index in [4.69, 9.17) is 4.74 Å². The van der Waals surface area contributed by atoms with Gasteiger partial charge in [0.05, 0.1) is 23.8 Å². The van der Waals surface area contributed by atoms with E-state index < -0.39 is 0 Å². The van der Waals surface area contributed by atoms with E-state index in [1.165, 1.54) is 23.3 Å². The standard InChI is InChI=1S/C23H32N2O3S/c1-2-3-8-21(26)24-11-16-18-12-25(14-23(18)10-9-19(16)28-23)22(27)17-13-29-20-7-5-4-6-15(17)20/h13,16,18-19H,2-12,14H2,1H3,(H,24,26)/t16-,18+,19+,23+/m0/s1. The summed E-state index contributed by atoms with van der Waals surface area (Å²) in [7, 11) is 0. The first kappa shape index (κ1) is 19.6. The average Bonchev–Trinajstić information content (AvgIpc) is 3.48. The monoisotopic (exact) mass is 416 g/mol. The van der Waals surface area contributed by atoms with Gasteiger partial charge in [0, 0.05) is 41.6 Å². The summed E-state index contributed by atoms with van der Waals surface area (Å²) in [5.41, 5.74) is 2.08. The van der Waals surface area contributed by atoms with Gasteiger partial charge in [-0.2, -0.15) is 0 Å². The van der Waals surface area contributed by atoms with Crippen molar-refractivity contribution < 1.29 is 14.3 Å². The number of hydrogen-bond donors (Lipinski definition) is 1. The van der Waals surface area contributed by atoms with E-state index in [2.05, 4.69) is 22.5 Å². The number of aryl methyl sites for hydroxylation is 1. The molecular weight excluding hydrogens is 384 g/mol. The summed E-state index contributed by atoms with van der Waals surface area (Å²) in [6, 6.07) is 0. The highest BCUT2D eigenvalue weighted by Gasteiger charge is 2.63. The van der Waals surface area contributed by atoms with Crippen LogP contribution in [0.15, 0.2) is 5.38 Å². The number of nitrogens with zero attached hydrogens (tertiary/aromatic N) is 1. The first-order chi connectivity index (χ1) is 14.1. The molecule has 4 atom stereocenters. The van der Waals surface area contributed by atoms with Gasteiger partial charge in [0.2, 0.25) is 5.91 Å². The number of amides is 2. The molecule has 158 valence electrons. The molecule has 1 spiro atoms. The number of rotatable bonds is 6. The molecule has 3 aliphatic heterocycles. The molecule has 6 heteroatoms. The Morgan fingerprint density at radius 3 is 3.07 bits per heavy atom. The molecule has 3 saturated heterocycles. The molecule has 5 nitrogen and oxygen atoms in total. The van der Waals surface area contributed by atoms with Crippen LogP contribution in [0.3, 0.4) is 0 Å². The van der Waals surface area contributed by atoms with Crippen molar-refractivity contribution in [1.82, 2.24) is 10.2 Å². The summed E-state index contributed by atoms with van der Waals surface area (Å²) in [5, 5.41) is 5.24. The highest BCUT2D eigenvalue weighted by atomic mass is 32.1. The molecule has 1 aliphatic carbocycles. The zero-order valence-electron chi connectivity index (χ0n) is 17.4. The van der Waals surface area contributed by atoms with E-state index in [1.807, 2.05) is 0 Å². The fraction of sp³-hybridized carbons (Fsp3) is 0.739. The van der Waals surface area contributed by atoms with Gasteiger partial charge in [-0.05, 0) is 50.5 Å². The Kier molecular flexibility index (Phi) is 5.19. The topological polar surface area (TPSA) is 58.6 Å². The van der Waals surface area contributed by atoms with Crippen LogP contribution in [0.5, 0.6) is 0 Å². The third kappa shape index (κ3) is 3.32. The highest BCUT2D eigenvalue weighted by molar-refractivity contribution is 7.10. The lowest BCUT2D eigenvalue weighted by Gasteiger charge is -2.29. The lowest BCUT2D eigenvalue weighted by atomic mass is 9.73. The van der Waals surface area contributed by atoms with E-state index in [0.29, 0.717) is 24.8 Å². The maximum absolute atomic E-state index is 13.4. The van der Waals surface area contributed by atoms with Crippen molar-refractivity contribution in [3.05, 3.63) is 21.4 Å². The molecule has 3 fully saturated rings. The van der Waals surface area contributed by atoms with Gasteiger partial charge in [-0.15, -0.1) is 11.3 Å². The first-order valence-corrected chi connectivity index (χ1v) is 12.3. The zero-order valence-corrected chi connectivity index (χ0v) is 18.2. The Morgan fingerprint density at radius 2 is 2.21 bits per heavy atom. The van der Waals surface area contributed by atoms with Crippen LogP contribution in [0.4, 0.5) is 0 Å². The van der Waals surface area contributed by atoms with Crippen molar-refractivity contribution in [3.8, 4) is 0 Å². The van der Waals surface area contributed by atoms with Crippen LogP contribution in [0.2, 0.25) is 0 Å². The fourth-order valence-electron chi connectivity index (χ4n) is 6.12. The predicted octanol–water partition coefficient (Wildman–Crippen LogP) is 3.55. The second-order valence-corrected chi connectivity index (χ2v) is 10.3. The van der Waals surface area contributed by atoms with Crippen LogP contribution in [0.1, 0.15) is 72.7 Å². The second kappa shape index (κ2) is 7.69. The van der Waals surface area contributed by atoms with Crippen LogP contribution in [-0.2, 0) is 22.4 Å². The number of carbonyl (C=O) groups excluding carboxylic acids is 2. The minimum Gasteiger partial charge on any atom is -0.369 e. The Morgan fingerprint density at radius 1 is 1.34 bits per heavy atom. The molecule has 4 heterocycles. The van der Waals surface area contributed by atoms with Crippen LogP contribution in [0, 0.1) is 11.8 Å². The summed E-state index contributed by atoms with van der Waals surface area (Å²) in [6.45, 7) is 4.29. The SMILES string of the molecule is CCCCC(=O)NC[C@H]1[C@H]2CN(C(=O)c3csc4c3CCCC4)C[C@]23CC[C@H]1O3. The summed E-state index contributed by atoms with van der Waals surface area (Å²) in [6.07, 6.45) is 9.57. The predicted molar refractivity (Wildman–Crippen MR) is 113 cm³/mol. The summed E-state index contributed by atoms with van der Waals surface area (Å²) in [5.74, 6) is 1.04. The lowest BCUT2D eigenvalue weighted by Crippen LogP contribution is -2.41. The third-order valence-corrected chi connectivity index (χ3v) is 8.74. The maximum Gasteiger partial charge on any atom is 0.255 e.